The summed E-state index contributed by atoms with van der Waals surface area (Å²) in [7, 11) is 0. The molecule has 0 spiro atoms. The summed E-state index contributed by atoms with van der Waals surface area (Å²) in [4.78, 5) is 0. The van der Waals surface area contributed by atoms with Crippen molar-refractivity contribution in [2.75, 3.05) is 6.54 Å². The first-order chi connectivity index (χ1) is 9.30. The third-order valence-corrected chi connectivity index (χ3v) is 4.50. The van der Waals surface area contributed by atoms with E-state index in [2.05, 4.69) is 36.5 Å². The summed E-state index contributed by atoms with van der Waals surface area (Å²) in [6.07, 6.45) is 8.72. The number of hydrogen-bond acceptors (Lipinski definition) is 2. The largest absolute Gasteiger partial charge is 0.487 e. The van der Waals surface area contributed by atoms with Crippen LogP contribution in [0.3, 0.4) is 0 Å². The van der Waals surface area contributed by atoms with Crippen molar-refractivity contribution in [3.8, 4) is 5.75 Å². The molecule has 19 heavy (non-hydrogen) atoms. The normalized spacial score (nSPS) is 20.9. The van der Waals surface area contributed by atoms with Gasteiger partial charge in [0.1, 0.15) is 11.4 Å². The fourth-order valence-electron chi connectivity index (χ4n) is 2.84. The van der Waals surface area contributed by atoms with Gasteiger partial charge in [0.25, 0.3) is 0 Å². The molecule has 0 radical (unpaired) electrons. The molecule has 0 amide bonds. The average molecular weight is 259 g/mol. The van der Waals surface area contributed by atoms with Gasteiger partial charge in [-0.15, -0.1) is 0 Å². The van der Waals surface area contributed by atoms with Gasteiger partial charge < -0.3 is 10.1 Å². The second-order valence-electron chi connectivity index (χ2n) is 6.12. The van der Waals surface area contributed by atoms with Crippen LogP contribution in [-0.2, 0) is 6.42 Å². The summed E-state index contributed by atoms with van der Waals surface area (Å²) in [6, 6.07) is 9.40. The van der Waals surface area contributed by atoms with Gasteiger partial charge >= 0.3 is 0 Å². The number of hydrogen-bond donors (Lipinski definition) is 1. The molecule has 0 saturated heterocycles. The molecule has 2 heteroatoms. The molecule has 2 aliphatic rings. The van der Waals surface area contributed by atoms with Crippen molar-refractivity contribution in [1.82, 2.24) is 5.32 Å². The smallest absolute Gasteiger partial charge is 0.120 e. The lowest BCUT2D eigenvalue weighted by Gasteiger charge is -2.42. The van der Waals surface area contributed by atoms with E-state index in [0.717, 1.165) is 31.2 Å². The molecule has 1 N–H and O–H groups in total. The van der Waals surface area contributed by atoms with Crippen LogP contribution >= 0.6 is 0 Å². The zero-order valence-electron chi connectivity index (χ0n) is 12.0. The van der Waals surface area contributed by atoms with Gasteiger partial charge in [-0.25, -0.2) is 0 Å². The van der Waals surface area contributed by atoms with E-state index in [9.17, 15) is 0 Å². The van der Waals surface area contributed by atoms with Crippen LogP contribution in [0.4, 0.5) is 0 Å². The van der Waals surface area contributed by atoms with Crippen LogP contribution in [0, 0.1) is 0 Å². The Labute approximate surface area is 116 Å². The second-order valence-corrected chi connectivity index (χ2v) is 6.12. The molecule has 2 nitrogen and oxygen atoms in total. The quantitative estimate of drug-likeness (QED) is 0.806. The van der Waals surface area contributed by atoms with E-state index in [-0.39, 0.29) is 5.60 Å². The molecule has 0 bridgehead atoms. The summed E-state index contributed by atoms with van der Waals surface area (Å²) in [5.74, 6) is 1.06. The Morgan fingerprint density at radius 2 is 2.16 bits per heavy atom. The number of nitrogens with one attached hydrogen (secondary N) is 1. The monoisotopic (exact) mass is 259 g/mol. The molecular formula is C17H25NO. The molecule has 2 fully saturated rings. The minimum absolute atomic E-state index is 0.119. The Morgan fingerprint density at radius 1 is 1.32 bits per heavy atom. The molecule has 3 rings (SSSR count). The topological polar surface area (TPSA) is 21.3 Å². The summed E-state index contributed by atoms with van der Waals surface area (Å²) >= 11 is 0. The summed E-state index contributed by atoms with van der Waals surface area (Å²) in [5.41, 5.74) is 1.48. The SMILES string of the molecule is CCc1cccc(OC2(CCNC3CC3)CCC2)c1. The molecule has 0 heterocycles. The molecule has 0 aromatic heterocycles. The standard InChI is InChI=1S/C17H25NO/c1-2-14-5-3-6-16(13-14)19-17(9-4-10-17)11-12-18-15-7-8-15/h3,5-6,13,15,18H,2,4,7-12H2,1H3. The van der Waals surface area contributed by atoms with Gasteiger partial charge in [0.05, 0.1) is 0 Å². The first kappa shape index (κ1) is 13.0. The van der Waals surface area contributed by atoms with Crippen LogP contribution in [0.5, 0.6) is 5.75 Å². The lowest BCUT2D eigenvalue weighted by atomic mass is 9.77. The van der Waals surface area contributed by atoms with Gasteiger partial charge in [-0.3, -0.25) is 0 Å². The van der Waals surface area contributed by atoms with Gasteiger partial charge in [0.15, 0.2) is 0 Å². The number of ether oxygens (including phenoxy) is 1. The Morgan fingerprint density at radius 3 is 2.79 bits per heavy atom. The third-order valence-electron chi connectivity index (χ3n) is 4.50. The van der Waals surface area contributed by atoms with Crippen LogP contribution < -0.4 is 10.1 Å². The van der Waals surface area contributed by atoms with E-state index in [1.807, 2.05) is 0 Å². The van der Waals surface area contributed by atoms with Gasteiger partial charge in [0, 0.05) is 6.04 Å². The minimum Gasteiger partial charge on any atom is -0.487 e. The molecule has 2 saturated carbocycles. The van der Waals surface area contributed by atoms with Crippen molar-refractivity contribution in [1.29, 1.82) is 0 Å². The minimum atomic E-state index is 0.119. The highest BCUT2D eigenvalue weighted by Crippen LogP contribution is 2.39. The van der Waals surface area contributed by atoms with Crippen LogP contribution in [-0.4, -0.2) is 18.2 Å². The highest BCUT2D eigenvalue weighted by molar-refractivity contribution is 5.29. The van der Waals surface area contributed by atoms with E-state index in [1.54, 1.807) is 0 Å². The van der Waals surface area contributed by atoms with Crippen molar-refractivity contribution in [3.05, 3.63) is 29.8 Å². The predicted molar refractivity (Wildman–Crippen MR) is 78.7 cm³/mol. The van der Waals surface area contributed by atoms with Crippen molar-refractivity contribution in [3.63, 3.8) is 0 Å². The maximum absolute atomic E-state index is 6.34. The van der Waals surface area contributed by atoms with Crippen LogP contribution in [0.2, 0.25) is 0 Å². The third kappa shape index (κ3) is 3.30. The number of benzene rings is 1. The molecule has 0 aliphatic heterocycles. The Kier molecular flexibility index (Phi) is 3.79. The molecule has 1 aromatic rings. The first-order valence-electron chi connectivity index (χ1n) is 7.81. The fourth-order valence-corrected chi connectivity index (χ4v) is 2.84. The molecule has 2 aliphatic carbocycles. The molecular weight excluding hydrogens is 234 g/mol. The molecule has 0 atom stereocenters. The maximum Gasteiger partial charge on any atom is 0.120 e. The Hall–Kier alpha value is -1.02. The Balaban J connectivity index is 1.57. The van der Waals surface area contributed by atoms with Gasteiger partial charge in [-0.2, -0.15) is 0 Å². The lowest BCUT2D eigenvalue weighted by Crippen LogP contribution is -2.45. The lowest BCUT2D eigenvalue weighted by molar-refractivity contribution is -0.0143. The predicted octanol–water partition coefficient (Wildman–Crippen LogP) is 3.69. The second kappa shape index (κ2) is 5.54. The number of aryl methyl sites for hydroxylation is 1. The van der Waals surface area contributed by atoms with Crippen molar-refractivity contribution in [2.45, 2.75) is 63.5 Å². The molecule has 1 aromatic carbocycles. The summed E-state index contributed by atoms with van der Waals surface area (Å²) < 4.78 is 6.34. The van der Waals surface area contributed by atoms with Crippen LogP contribution in [0.15, 0.2) is 24.3 Å². The van der Waals surface area contributed by atoms with Crippen LogP contribution in [0.25, 0.3) is 0 Å². The van der Waals surface area contributed by atoms with E-state index in [0.29, 0.717) is 0 Å². The van der Waals surface area contributed by atoms with Gasteiger partial charge in [0.2, 0.25) is 0 Å². The van der Waals surface area contributed by atoms with Crippen molar-refractivity contribution in [2.24, 2.45) is 0 Å². The van der Waals surface area contributed by atoms with E-state index < -0.39 is 0 Å². The average Bonchev–Trinajstić information content (AvgIpc) is 3.20. The van der Waals surface area contributed by atoms with Crippen LogP contribution in [0.1, 0.15) is 51.0 Å². The highest BCUT2D eigenvalue weighted by atomic mass is 16.5. The number of rotatable bonds is 7. The fraction of sp³-hybridized carbons (Fsp3) is 0.647. The summed E-state index contributed by atoms with van der Waals surface area (Å²) in [5, 5.41) is 3.61. The summed E-state index contributed by atoms with van der Waals surface area (Å²) in [6.45, 7) is 3.30. The molecule has 104 valence electrons. The van der Waals surface area contributed by atoms with E-state index in [1.165, 1.54) is 37.7 Å². The zero-order valence-corrected chi connectivity index (χ0v) is 12.0. The van der Waals surface area contributed by atoms with E-state index in [4.69, 9.17) is 4.74 Å². The first-order valence-corrected chi connectivity index (χ1v) is 7.81. The van der Waals surface area contributed by atoms with Gasteiger partial charge in [-0.1, -0.05) is 19.1 Å². The van der Waals surface area contributed by atoms with E-state index >= 15 is 0 Å². The highest BCUT2D eigenvalue weighted by Gasteiger charge is 2.39. The zero-order chi connectivity index (χ0) is 13.1. The maximum atomic E-state index is 6.34. The van der Waals surface area contributed by atoms with Crippen molar-refractivity contribution >= 4 is 0 Å². The van der Waals surface area contributed by atoms with Gasteiger partial charge in [-0.05, 0) is 69.2 Å². The molecule has 0 unspecified atom stereocenters. The Bertz CT molecular complexity index is 421. The van der Waals surface area contributed by atoms with Crippen molar-refractivity contribution < 1.29 is 4.74 Å².